The first-order valence-electron chi connectivity index (χ1n) is 3.72. The van der Waals surface area contributed by atoms with Crippen molar-refractivity contribution >= 4 is 11.6 Å². The summed E-state index contributed by atoms with van der Waals surface area (Å²) < 4.78 is 0. The summed E-state index contributed by atoms with van der Waals surface area (Å²) in [6, 6.07) is 9.51. The topological polar surface area (TPSA) is 23.8 Å². The van der Waals surface area contributed by atoms with Gasteiger partial charge in [-0.15, -0.1) is 0 Å². The van der Waals surface area contributed by atoms with E-state index in [1.54, 1.807) is 12.1 Å². The van der Waals surface area contributed by atoms with Crippen LogP contribution >= 0.6 is 11.6 Å². The molecule has 0 fully saturated rings. The number of nitriles is 1. The van der Waals surface area contributed by atoms with Gasteiger partial charge in [0.05, 0.1) is 12.0 Å². The van der Waals surface area contributed by atoms with Gasteiger partial charge in [0.2, 0.25) is 0 Å². The van der Waals surface area contributed by atoms with Crippen LogP contribution in [0.4, 0.5) is 0 Å². The molecule has 0 aliphatic rings. The Morgan fingerprint density at radius 3 is 2.83 bits per heavy atom. The molecule has 0 saturated carbocycles. The molecule has 1 radical (unpaired) electrons. The van der Waals surface area contributed by atoms with Crippen LogP contribution in [-0.4, -0.2) is 0 Å². The van der Waals surface area contributed by atoms with Crippen molar-refractivity contribution in [3.8, 4) is 6.07 Å². The zero-order valence-corrected chi connectivity index (χ0v) is 7.38. The molecule has 0 aliphatic heterocycles. The monoisotopic (exact) mass is 178 g/mol. The number of benzene rings is 1. The fourth-order valence-corrected chi connectivity index (χ4v) is 1.23. The van der Waals surface area contributed by atoms with E-state index in [1.165, 1.54) is 0 Å². The highest BCUT2D eigenvalue weighted by Crippen LogP contribution is 2.21. The lowest BCUT2D eigenvalue weighted by Crippen LogP contribution is -1.92. The van der Waals surface area contributed by atoms with Crippen LogP contribution in [0.15, 0.2) is 24.3 Å². The minimum Gasteiger partial charge on any atom is -0.198 e. The van der Waals surface area contributed by atoms with Crippen molar-refractivity contribution in [1.29, 1.82) is 5.26 Å². The lowest BCUT2D eigenvalue weighted by atomic mass is 9.98. The second kappa shape index (κ2) is 4.13. The first-order valence-corrected chi connectivity index (χ1v) is 4.10. The molecule has 1 unspecified atom stereocenters. The predicted octanol–water partition coefficient (Wildman–Crippen LogP) is 3.17. The summed E-state index contributed by atoms with van der Waals surface area (Å²) in [7, 11) is 0. The smallest absolute Gasteiger partial charge is 0.0713 e. The van der Waals surface area contributed by atoms with Gasteiger partial charge in [0, 0.05) is 5.02 Å². The van der Waals surface area contributed by atoms with Crippen molar-refractivity contribution in [3.63, 3.8) is 0 Å². The average Bonchev–Trinajstić information content (AvgIpc) is 2.07. The van der Waals surface area contributed by atoms with E-state index in [0.717, 1.165) is 5.56 Å². The Morgan fingerprint density at radius 1 is 1.58 bits per heavy atom. The Hall–Kier alpha value is -1.00. The van der Waals surface area contributed by atoms with Gasteiger partial charge in [0.15, 0.2) is 0 Å². The Balaban J connectivity index is 2.95. The maximum Gasteiger partial charge on any atom is 0.0713 e. The normalized spacial score (nSPS) is 12.1. The highest BCUT2D eigenvalue weighted by atomic mass is 35.5. The van der Waals surface area contributed by atoms with E-state index in [0.29, 0.717) is 11.4 Å². The minimum atomic E-state index is -0.135. The Kier molecular flexibility index (Phi) is 3.13. The predicted molar refractivity (Wildman–Crippen MR) is 49.8 cm³/mol. The molecule has 1 rings (SSSR count). The van der Waals surface area contributed by atoms with Crippen molar-refractivity contribution in [2.24, 2.45) is 0 Å². The quantitative estimate of drug-likeness (QED) is 0.683. The molecule has 61 valence electrons. The van der Waals surface area contributed by atoms with Crippen molar-refractivity contribution < 1.29 is 0 Å². The highest BCUT2D eigenvalue weighted by Gasteiger charge is 2.06. The second-order valence-electron chi connectivity index (χ2n) is 2.53. The van der Waals surface area contributed by atoms with Gasteiger partial charge < -0.3 is 0 Å². The third kappa shape index (κ3) is 1.99. The summed E-state index contributed by atoms with van der Waals surface area (Å²) in [6.07, 6.45) is 0.580. The first-order chi connectivity index (χ1) is 5.77. The van der Waals surface area contributed by atoms with E-state index in [4.69, 9.17) is 16.9 Å². The molecule has 0 amide bonds. The van der Waals surface area contributed by atoms with Crippen LogP contribution in [-0.2, 0) is 0 Å². The standard InChI is InChI=1S/C10H9ClN/c1-2-8(7-12)9-4-3-5-10(11)6-9/h3-6,8H,1-2H2. The van der Waals surface area contributed by atoms with Crippen molar-refractivity contribution in [3.05, 3.63) is 41.8 Å². The van der Waals surface area contributed by atoms with Gasteiger partial charge in [-0.3, -0.25) is 0 Å². The van der Waals surface area contributed by atoms with Crippen LogP contribution in [0.2, 0.25) is 5.02 Å². The molecule has 0 spiro atoms. The minimum absolute atomic E-state index is 0.135. The van der Waals surface area contributed by atoms with Crippen LogP contribution in [0.5, 0.6) is 0 Å². The molecule has 0 saturated heterocycles. The lowest BCUT2D eigenvalue weighted by molar-refractivity contribution is 0.875. The molecule has 0 N–H and O–H groups in total. The number of rotatable bonds is 2. The molecule has 0 heterocycles. The summed E-state index contributed by atoms with van der Waals surface area (Å²) in [5.74, 6) is -0.135. The molecule has 0 bridgehead atoms. The zero-order valence-electron chi connectivity index (χ0n) is 6.63. The van der Waals surface area contributed by atoms with Crippen molar-refractivity contribution in [2.45, 2.75) is 12.3 Å². The van der Waals surface area contributed by atoms with E-state index in [2.05, 4.69) is 13.0 Å². The van der Waals surface area contributed by atoms with Crippen LogP contribution in [0, 0.1) is 18.3 Å². The molecule has 12 heavy (non-hydrogen) atoms. The van der Waals surface area contributed by atoms with Gasteiger partial charge in [-0.1, -0.05) is 30.7 Å². The lowest BCUT2D eigenvalue weighted by Gasteiger charge is -2.05. The van der Waals surface area contributed by atoms with Crippen LogP contribution in [0.1, 0.15) is 17.9 Å². The Morgan fingerprint density at radius 2 is 2.33 bits per heavy atom. The second-order valence-corrected chi connectivity index (χ2v) is 2.96. The zero-order chi connectivity index (χ0) is 8.97. The number of hydrogen-bond donors (Lipinski definition) is 0. The first kappa shape index (κ1) is 9.09. The maximum atomic E-state index is 8.74. The Bertz CT molecular complexity index is 301. The molecule has 1 nitrogen and oxygen atoms in total. The summed E-state index contributed by atoms with van der Waals surface area (Å²) in [6.45, 7) is 3.70. The molecular formula is C10H9ClN. The van der Waals surface area contributed by atoms with E-state index in [-0.39, 0.29) is 5.92 Å². The Labute approximate surface area is 77.6 Å². The van der Waals surface area contributed by atoms with Crippen LogP contribution < -0.4 is 0 Å². The molecular weight excluding hydrogens is 170 g/mol. The molecule has 1 atom stereocenters. The van der Waals surface area contributed by atoms with E-state index >= 15 is 0 Å². The number of hydrogen-bond acceptors (Lipinski definition) is 1. The van der Waals surface area contributed by atoms with Gasteiger partial charge in [0.1, 0.15) is 0 Å². The molecule has 0 aromatic heterocycles. The van der Waals surface area contributed by atoms with E-state index in [9.17, 15) is 0 Å². The summed E-state index contributed by atoms with van der Waals surface area (Å²) in [5.41, 5.74) is 0.944. The average molecular weight is 179 g/mol. The van der Waals surface area contributed by atoms with Gasteiger partial charge in [0.25, 0.3) is 0 Å². The van der Waals surface area contributed by atoms with Gasteiger partial charge in [-0.25, -0.2) is 0 Å². The third-order valence-electron chi connectivity index (χ3n) is 1.70. The van der Waals surface area contributed by atoms with Gasteiger partial charge >= 0.3 is 0 Å². The molecule has 1 aromatic rings. The fourth-order valence-electron chi connectivity index (χ4n) is 1.03. The summed E-state index contributed by atoms with van der Waals surface area (Å²) in [4.78, 5) is 0. The SMILES string of the molecule is [CH2]CC(C#N)c1cccc(Cl)c1. The summed E-state index contributed by atoms with van der Waals surface area (Å²) >= 11 is 5.77. The van der Waals surface area contributed by atoms with Crippen LogP contribution in [0.25, 0.3) is 0 Å². The maximum absolute atomic E-state index is 8.74. The van der Waals surface area contributed by atoms with E-state index in [1.807, 2.05) is 12.1 Å². The number of nitrogens with zero attached hydrogens (tertiary/aromatic N) is 1. The van der Waals surface area contributed by atoms with Crippen molar-refractivity contribution in [1.82, 2.24) is 0 Å². The van der Waals surface area contributed by atoms with Gasteiger partial charge in [-0.2, -0.15) is 5.26 Å². The third-order valence-corrected chi connectivity index (χ3v) is 1.93. The van der Waals surface area contributed by atoms with Crippen molar-refractivity contribution in [2.75, 3.05) is 0 Å². The van der Waals surface area contributed by atoms with Crippen LogP contribution in [0.3, 0.4) is 0 Å². The molecule has 0 aliphatic carbocycles. The number of halogens is 1. The molecule has 2 heteroatoms. The molecule has 1 aromatic carbocycles. The highest BCUT2D eigenvalue weighted by molar-refractivity contribution is 6.30. The van der Waals surface area contributed by atoms with Gasteiger partial charge in [-0.05, 0) is 24.1 Å². The summed E-state index contributed by atoms with van der Waals surface area (Å²) in [5, 5.41) is 9.41. The van der Waals surface area contributed by atoms with E-state index < -0.39 is 0 Å². The largest absolute Gasteiger partial charge is 0.198 e. The fraction of sp³-hybridized carbons (Fsp3) is 0.200.